The number of carbonyl (C=O) groups is 1. The van der Waals surface area contributed by atoms with E-state index in [2.05, 4.69) is 36.6 Å². The number of hydrogen-bond acceptors (Lipinski definition) is 4. The van der Waals surface area contributed by atoms with E-state index < -0.39 is 6.23 Å². The molecule has 20 heavy (non-hydrogen) atoms. The minimum atomic E-state index is -0.500. The van der Waals surface area contributed by atoms with Crippen molar-refractivity contribution in [2.75, 3.05) is 26.2 Å². The summed E-state index contributed by atoms with van der Waals surface area (Å²) in [6.45, 7) is 10.3. The molecule has 1 unspecified atom stereocenters. The van der Waals surface area contributed by atoms with Gasteiger partial charge in [0.05, 0.1) is 0 Å². The number of hydrogen-bond donors (Lipinski definition) is 0. The molecule has 1 aromatic rings. The SMILES string of the molecule is CC(C)(C)N1CCN(C(C=O)Oc2cc[c]cc2)CC1. The quantitative estimate of drug-likeness (QED) is 0.785. The van der Waals surface area contributed by atoms with Crippen LogP contribution >= 0.6 is 0 Å². The molecule has 0 amide bonds. The first-order valence-electron chi connectivity index (χ1n) is 7.08. The minimum Gasteiger partial charge on any atom is -0.468 e. The molecule has 109 valence electrons. The van der Waals surface area contributed by atoms with E-state index in [0.29, 0.717) is 5.75 Å². The topological polar surface area (TPSA) is 32.8 Å². The van der Waals surface area contributed by atoms with Crippen LogP contribution in [0.5, 0.6) is 5.75 Å². The maximum Gasteiger partial charge on any atom is 0.209 e. The molecule has 0 saturated carbocycles. The van der Waals surface area contributed by atoms with Crippen LogP contribution in [0.2, 0.25) is 0 Å². The van der Waals surface area contributed by atoms with Crippen LogP contribution in [-0.4, -0.2) is 54.0 Å². The summed E-state index contributed by atoms with van der Waals surface area (Å²) in [5.74, 6) is 0.708. The van der Waals surface area contributed by atoms with E-state index in [1.54, 1.807) is 12.1 Å². The Bertz CT molecular complexity index is 420. The lowest BCUT2D eigenvalue weighted by molar-refractivity contribution is -0.123. The Morgan fingerprint density at radius 3 is 2.30 bits per heavy atom. The maximum atomic E-state index is 11.3. The van der Waals surface area contributed by atoms with Crippen molar-refractivity contribution in [1.82, 2.24) is 9.80 Å². The molecule has 2 rings (SSSR count). The van der Waals surface area contributed by atoms with Crippen LogP contribution in [0.15, 0.2) is 24.3 Å². The van der Waals surface area contributed by atoms with Gasteiger partial charge in [0.25, 0.3) is 0 Å². The number of piperazine rings is 1. The highest BCUT2D eigenvalue weighted by Crippen LogP contribution is 2.18. The van der Waals surface area contributed by atoms with E-state index in [4.69, 9.17) is 4.74 Å². The van der Waals surface area contributed by atoms with Crippen molar-refractivity contribution >= 4 is 6.29 Å². The van der Waals surface area contributed by atoms with Crippen LogP contribution in [0.3, 0.4) is 0 Å². The second-order valence-corrected chi connectivity index (χ2v) is 6.07. The molecule has 1 saturated heterocycles. The third-order valence-electron chi connectivity index (χ3n) is 3.68. The second kappa shape index (κ2) is 6.37. The zero-order valence-electron chi connectivity index (χ0n) is 12.5. The fourth-order valence-corrected chi connectivity index (χ4v) is 2.43. The summed E-state index contributed by atoms with van der Waals surface area (Å²) in [5.41, 5.74) is 0.179. The minimum absolute atomic E-state index is 0.179. The molecule has 1 aromatic carbocycles. The van der Waals surface area contributed by atoms with Gasteiger partial charge >= 0.3 is 0 Å². The number of rotatable bonds is 4. The smallest absolute Gasteiger partial charge is 0.209 e. The largest absolute Gasteiger partial charge is 0.468 e. The second-order valence-electron chi connectivity index (χ2n) is 6.07. The molecule has 1 aliphatic rings. The third kappa shape index (κ3) is 3.81. The Labute approximate surface area is 121 Å². The summed E-state index contributed by atoms with van der Waals surface area (Å²) in [6, 6.07) is 10.2. The van der Waals surface area contributed by atoms with E-state index in [1.165, 1.54) is 0 Å². The van der Waals surface area contributed by atoms with E-state index in [1.807, 2.05) is 12.1 Å². The van der Waals surface area contributed by atoms with E-state index in [-0.39, 0.29) is 5.54 Å². The average molecular weight is 275 g/mol. The van der Waals surface area contributed by atoms with Crippen molar-refractivity contribution < 1.29 is 9.53 Å². The molecule has 0 N–H and O–H groups in total. The first-order chi connectivity index (χ1) is 9.50. The highest BCUT2D eigenvalue weighted by molar-refractivity contribution is 5.56. The standard InChI is InChI=1S/C16H23N2O2/c1-16(2,3)18-11-9-17(10-12-18)15(13-19)20-14-7-5-4-6-8-14/h5-8,13,15H,9-12H2,1-3H3. The monoisotopic (exact) mass is 275 g/mol. The van der Waals surface area contributed by atoms with E-state index >= 15 is 0 Å². The van der Waals surface area contributed by atoms with Gasteiger partial charge < -0.3 is 4.74 Å². The van der Waals surface area contributed by atoms with Gasteiger partial charge in [-0.1, -0.05) is 12.1 Å². The molecule has 0 aromatic heterocycles. The predicted octanol–water partition coefficient (Wildman–Crippen LogP) is 1.81. The van der Waals surface area contributed by atoms with Crippen molar-refractivity contribution in [2.45, 2.75) is 32.5 Å². The van der Waals surface area contributed by atoms with E-state index in [0.717, 1.165) is 32.5 Å². The molecule has 0 bridgehead atoms. The number of ether oxygens (including phenoxy) is 1. The van der Waals surface area contributed by atoms with Gasteiger partial charge in [-0.2, -0.15) is 0 Å². The summed E-state index contributed by atoms with van der Waals surface area (Å²) in [5, 5.41) is 0. The van der Waals surface area contributed by atoms with Crippen molar-refractivity contribution in [1.29, 1.82) is 0 Å². The van der Waals surface area contributed by atoms with Crippen molar-refractivity contribution in [3.8, 4) is 5.75 Å². The Kier molecular flexibility index (Phi) is 4.78. The lowest BCUT2D eigenvalue weighted by Gasteiger charge is -2.43. The molecule has 1 heterocycles. The van der Waals surface area contributed by atoms with E-state index in [9.17, 15) is 4.79 Å². The molecule has 1 radical (unpaired) electrons. The Balaban J connectivity index is 1.92. The highest BCUT2D eigenvalue weighted by Gasteiger charge is 2.29. The van der Waals surface area contributed by atoms with Crippen molar-refractivity contribution in [3.05, 3.63) is 30.3 Å². The molecular weight excluding hydrogens is 252 g/mol. The summed E-state index contributed by atoms with van der Waals surface area (Å²) in [4.78, 5) is 15.8. The van der Waals surface area contributed by atoms with Gasteiger partial charge in [-0.3, -0.25) is 14.6 Å². The van der Waals surface area contributed by atoms with Crippen LogP contribution < -0.4 is 4.74 Å². The van der Waals surface area contributed by atoms with Gasteiger partial charge in [0.15, 0.2) is 6.29 Å². The molecule has 1 aliphatic heterocycles. The molecule has 1 fully saturated rings. The molecule has 4 heteroatoms. The maximum absolute atomic E-state index is 11.3. The third-order valence-corrected chi connectivity index (χ3v) is 3.68. The summed E-state index contributed by atoms with van der Waals surface area (Å²) >= 11 is 0. The molecule has 0 aliphatic carbocycles. The predicted molar refractivity (Wildman–Crippen MR) is 78.7 cm³/mol. The van der Waals surface area contributed by atoms with Crippen LogP contribution in [0.25, 0.3) is 0 Å². The van der Waals surface area contributed by atoms with Crippen LogP contribution in [-0.2, 0) is 4.79 Å². The van der Waals surface area contributed by atoms with Crippen LogP contribution in [0.4, 0.5) is 0 Å². The van der Waals surface area contributed by atoms with Gasteiger partial charge in [-0.15, -0.1) is 0 Å². The lowest BCUT2D eigenvalue weighted by atomic mass is 10.0. The van der Waals surface area contributed by atoms with Gasteiger partial charge in [0.1, 0.15) is 5.75 Å². The molecule has 0 spiro atoms. The first-order valence-corrected chi connectivity index (χ1v) is 7.08. The van der Waals surface area contributed by atoms with Crippen molar-refractivity contribution in [3.63, 3.8) is 0 Å². The Morgan fingerprint density at radius 2 is 1.80 bits per heavy atom. The van der Waals surface area contributed by atoms with Crippen LogP contribution in [0.1, 0.15) is 20.8 Å². The first kappa shape index (κ1) is 15.0. The fourth-order valence-electron chi connectivity index (χ4n) is 2.43. The summed E-state index contributed by atoms with van der Waals surface area (Å²) < 4.78 is 5.74. The van der Waals surface area contributed by atoms with Gasteiger partial charge in [0, 0.05) is 31.7 Å². The molecule has 1 atom stereocenters. The zero-order chi connectivity index (χ0) is 14.6. The Morgan fingerprint density at radius 1 is 1.20 bits per heavy atom. The number of carbonyl (C=O) groups excluding carboxylic acids is 1. The normalized spacial score (nSPS) is 19.6. The van der Waals surface area contributed by atoms with Gasteiger partial charge in [-0.25, -0.2) is 0 Å². The molecular formula is C16H23N2O2. The van der Waals surface area contributed by atoms with Gasteiger partial charge in [0.2, 0.25) is 6.23 Å². The van der Waals surface area contributed by atoms with Crippen LogP contribution in [0, 0.1) is 6.07 Å². The van der Waals surface area contributed by atoms with Gasteiger partial charge in [-0.05, 0) is 39.0 Å². The number of benzene rings is 1. The average Bonchev–Trinajstić information content (AvgIpc) is 2.45. The summed E-state index contributed by atoms with van der Waals surface area (Å²) in [6.07, 6.45) is 0.378. The summed E-state index contributed by atoms with van der Waals surface area (Å²) in [7, 11) is 0. The number of nitrogens with zero attached hydrogens (tertiary/aromatic N) is 2. The fraction of sp³-hybridized carbons (Fsp3) is 0.562. The molecule has 4 nitrogen and oxygen atoms in total. The number of aldehydes is 1. The zero-order valence-corrected chi connectivity index (χ0v) is 12.5. The van der Waals surface area contributed by atoms with Crippen molar-refractivity contribution in [2.24, 2.45) is 0 Å². The lowest BCUT2D eigenvalue weighted by Crippen LogP contribution is -2.57. The Hall–Kier alpha value is -1.39. The highest BCUT2D eigenvalue weighted by atomic mass is 16.5.